The van der Waals surface area contributed by atoms with Gasteiger partial charge in [0.05, 0.1) is 6.10 Å². The molecule has 4 fully saturated rings. The number of amides is 1. The monoisotopic (exact) mass is 805 g/mol. The van der Waals surface area contributed by atoms with Crippen molar-refractivity contribution >= 4 is 24.7 Å². The fraction of sp³-hybridized carbons (Fsp3) is 0.844. The number of carbonyl (C=O) groups excluding carboxylic acids is 1. The zero-order valence-corrected chi connectivity index (χ0v) is 36.7. The quantitative estimate of drug-likeness (QED) is 0.226. The van der Waals surface area contributed by atoms with Crippen molar-refractivity contribution in [2.24, 2.45) is 28.1 Å². The predicted octanol–water partition coefficient (Wildman–Crippen LogP) is 10.2. The Balaban J connectivity index is 0.000000239. The maximum Gasteiger partial charge on any atom is 0.415 e. The molecule has 1 amide bonds. The second kappa shape index (κ2) is 17.6. The molecule has 6 nitrogen and oxygen atoms in total. The summed E-state index contributed by atoms with van der Waals surface area (Å²) >= 11 is 0. The minimum Gasteiger partial charge on any atom is -0.410 e. The highest BCUT2D eigenvalue weighted by Gasteiger charge is 2.54. The molecular weight excluding hydrogens is 732 g/mol. The summed E-state index contributed by atoms with van der Waals surface area (Å²) in [4.78, 5) is 17.3. The van der Waals surface area contributed by atoms with E-state index in [4.69, 9.17) is 12.6 Å². The van der Waals surface area contributed by atoms with Gasteiger partial charge in [0, 0.05) is 41.3 Å². The summed E-state index contributed by atoms with van der Waals surface area (Å²) in [6.07, 6.45) is 13.6. The number of piperidine rings is 2. The molecule has 2 aliphatic heterocycles. The summed E-state index contributed by atoms with van der Waals surface area (Å²) in [6, 6.07) is 6.41. The molecule has 6 rings (SSSR count). The molecule has 56 heavy (non-hydrogen) atoms. The standard InChI is InChI=1S/C29H42N2O3.C16H30BF3OS/c1-28-10-9-23-22-6-4-21(19-20(22)3-5-24(23)25(28)7-8-26(28)32)34-27(33)31-17-13-29(14-18-31)11-15-30(2)16-12-29;1-7-9-13(2,3)12-14(4,5)22(21)11-8-10-16(17,20)15(6,18)19/h4,6,19,23-26,32H,3,5,7-18H2,1-2H3;7-12H2,1-6H3/t23-,24?,25+,26?,28?;/m1./s1. The van der Waals surface area contributed by atoms with Crippen molar-refractivity contribution < 1.29 is 32.0 Å². The van der Waals surface area contributed by atoms with E-state index in [0.29, 0.717) is 35.8 Å². The number of fused-ring (bicyclic) bond motifs is 5. The van der Waals surface area contributed by atoms with Crippen LogP contribution in [0.25, 0.3) is 0 Å². The van der Waals surface area contributed by atoms with Gasteiger partial charge in [-0.3, -0.25) is 4.21 Å². The Morgan fingerprint density at radius 3 is 2.23 bits per heavy atom. The minimum absolute atomic E-state index is 0.0715. The van der Waals surface area contributed by atoms with Crippen LogP contribution < -0.4 is 4.74 Å². The fourth-order valence-electron chi connectivity index (χ4n) is 11.5. The molecule has 2 radical (unpaired) electrons. The number of alkyl halides is 3. The van der Waals surface area contributed by atoms with Gasteiger partial charge in [-0.05, 0) is 181 Å². The molecule has 2 saturated carbocycles. The number of aryl methyl sites for hydroxylation is 1. The smallest absolute Gasteiger partial charge is 0.410 e. The number of ether oxygens (including phenoxy) is 1. The van der Waals surface area contributed by atoms with E-state index < -0.39 is 33.5 Å². The van der Waals surface area contributed by atoms with Crippen molar-refractivity contribution in [3.05, 3.63) is 29.3 Å². The van der Waals surface area contributed by atoms with Gasteiger partial charge < -0.3 is 19.6 Å². The van der Waals surface area contributed by atoms with Crippen LogP contribution >= 0.6 is 0 Å². The molecule has 1 N–H and O–H groups in total. The Bertz CT molecular complexity index is 1520. The number of carbonyl (C=O) groups is 1. The van der Waals surface area contributed by atoms with Crippen molar-refractivity contribution in [2.45, 2.75) is 173 Å². The first kappa shape index (κ1) is 45.5. The number of hydrogen-bond donors (Lipinski definition) is 1. The molecule has 2 saturated heterocycles. The second-order valence-corrected chi connectivity index (χ2v) is 22.5. The Hall–Kier alpha value is -1.59. The second-order valence-electron chi connectivity index (χ2n) is 20.3. The number of hydrogen-bond acceptors (Lipinski definition) is 5. The normalized spacial score (nSPS) is 29.6. The van der Waals surface area contributed by atoms with Gasteiger partial charge >= 0.3 is 6.09 Å². The molecule has 5 aliphatic rings. The lowest BCUT2D eigenvalue weighted by molar-refractivity contribution is -0.0822. The van der Waals surface area contributed by atoms with Crippen LogP contribution in [0.4, 0.5) is 18.0 Å². The van der Waals surface area contributed by atoms with E-state index in [1.54, 1.807) is 0 Å². The van der Waals surface area contributed by atoms with Gasteiger partial charge in [-0.2, -0.15) is 0 Å². The van der Waals surface area contributed by atoms with Crippen molar-refractivity contribution in [3.8, 4) is 5.75 Å². The minimum atomic E-state index is -3.59. The molecule has 0 aromatic heterocycles. The fourth-order valence-corrected chi connectivity index (χ4v) is 13.0. The predicted molar refractivity (Wildman–Crippen MR) is 223 cm³/mol. The van der Waals surface area contributed by atoms with Crippen LogP contribution in [-0.2, 0) is 17.2 Å². The molecule has 5 unspecified atom stereocenters. The SMILES string of the molecule is CN1CCC2(CC1)CCN(C(=O)Oc1ccc3c(c1)CCC1[C@@H]3CCC3(C)C(O)CC[C@@H]13)CC2.[B]C(F)(CCCS(=O)C(C)(C)CC(C)(C)CCC)C(C)(F)F. The molecular formula is C45H72BF3N2O4S. The van der Waals surface area contributed by atoms with E-state index in [0.717, 1.165) is 64.5 Å². The Morgan fingerprint density at radius 2 is 1.61 bits per heavy atom. The lowest BCUT2D eigenvalue weighted by Gasteiger charge is -2.50. The zero-order chi connectivity index (χ0) is 41.3. The molecule has 1 aromatic carbocycles. The van der Waals surface area contributed by atoms with Crippen LogP contribution in [-0.4, -0.2) is 94.4 Å². The van der Waals surface area contributed by atoms with Crippen molar-refractivity contribution in [2.75, 3.05) is 39.0 Å². The van der Waals surface area contributed by atoms with Crippen LogP contribution in [0.5, 0.6) is 5.75 Å². The number of aliphatic hydroxyl groups excluding tert-OH is 1. The molecule has 316 valence electrons. The topological polar surface area (TPSA) is 70.1 Å². The first-order valence-corrected chi connectivity index (χ1v) is 23.0. The molecule has 11 heteroatoms. The summed E-state index contributed by atoms with van der Waals surface area (Å²) in [7, 11) is 6.02. The third-order valence-corrected chi connectivity index (χ3v) is 17.1. The molecule has 3 aliphatic carbocycles. The summed E-state index contributed by atoms with van der Waals surface area (Å²) < 4.78 is 57.5. The molecule has 0 bridgehead atoms. The highest BCUT2D eigenvalue weighted by Crippen LogP contribution is 2.61. The van der Waals surface area contributed by atoms with Crippen LogP contribution in [0.1, 0.15) is 155 Å². The Labute approximate surface area is 340 Å². The zero-order valence-electron chi connectivity index (χ0n) is 35.9. The van der Waals surface area contributed by atoms with Crippen molar-refractivity contribution in [3.63, 3.8) is 0 Å². The first-order valence-electron chi connectivity index (χ1n) is 21.7. The van der Waals surface area contributed by atoms with Crippen molar-refractivity contribution in [1.29, 1.82) is 0 Å². The number of nitrogens with zero attached hydrogens (tertiary/aromatic N) is 2. The highest BCUT2D eigenvalue weighted by molar-refractivity contribution is 7.86. The summed E-state index contributed by atoms with van der Waals surface area (Å²) in [5, 5.41) is 10.6. The van der Waals surface area contributed by atoms with Gasteiger partial charge in [-0.25, -0.2) is 18.0 Å². The highest BCUT2D eigenvalue weighted by atomic mass is 32.2. The summed E-state index contributed by atoms with van der Waals surface area (Å²) in [5.41, 5.74) is 0.441. The number of likely N-dealkylation sites (tertiary alicyclic amines) is 2. The van der Waals surface area contributed by atoms with E-state index in [-0.39, 0.29) is 35.2 Å². The van der Waals surface area contributed by atoms with Gasteiger partial charge in [0.2, 0.25) is 0 Å². The Morgan fingerprint density at radius 1 is 0.964 bits per heavy atom. The average Bonchev–Trinajstić information content (AvgIpc) is 3.42. The summed E-state index contributed by atoms with van der Waals surface area (Å²) in [5.74, 6) is -0.749. The lowest BCUT2D eigenvalue weighted by Crippen LogP contribution is -2.48. The third kappa shape index (κ3) is 10.4. The van der Waals surface area contributed by atoms with Crippen LogP contribution in [0.15, 0.2) is 18.2 Å². The lowest BCUT2D eigenvalue weighted by atomic mass is 9.55. The summed E-state index contributed by atoms with van der Waals surface area (Å²) in [6.45, 7) is 17.0. The van der Waals surface area contributed by atoms with E-state index in [1.807, 2.05) is 24.8 Å². The molecule has 1 aromatic rings. The van der Waals surface area contributed by atoms with E-state index in [1.165, 1.54) is 56.3 Å². The van der Waals surface area contributed by atoms with Crippen molar-refractivity contribution in [1.82, 2.24) is 9.80 Å². The van der Waals surface area contributed by atoms with Gasteiger partial charge in [-0.1, -0.05) is 40.2 Å². The number of aliphatic hydroxyl groups is 1. The largest absolute Gasteiger partial charge is 0.415 e. The number of halogens is 3. The van der Waals surface area contributed by atoms with E-state index in [9.17, 15) is 27.3 Å². The Kier molecular flexibility index (Phi) is 14.3. The maximum absolute atomic E-state index is 13.6. The molecule has 1 spiro atoms. The first-order chi connectivity index (χ1) is 26.0. The van der Waals surface area contributed by atoms with Gasteiger partial charge in [0.15, 0.2) is 0 Å². The maximum atomic E-state index is 13.6. The molecule has 2 heterocycles. The van der Waals surface area contributed by atoms with Gasteiger partial charge in [-0.15, -0.1) is 0 Å². The van der Waals surface area contributed by atoms with Crippen LogP contribution in [0, 0.1) is 28.1 Å². The number of benzene rings is 1. The van der Waals surface area contributed by atoms with Crippen LogP contribution in [0.3, 0.4) is 0 Å². The average molecular weight is 805 g/mol. The van der Waals surface area contributed by atoms with Crippen LogP contribution in [0.2, 0.25) is 0 Å². The van der Waals surface area contributed by atoms with Gasteiger partial charge in [0.25, 0.3) is 5.92 Å². The van der Waals surface area contributed by atoms with E-state index >= 15 is 0 Å². The molecule has 7 atom stereocenters. The van der Waals surface area contributed by atoms with Gasteiger partial charge in [0.1, 0.15) is 19.2 Å². The van der Waals surface area contributed by atoms with E-state index in [2.05, 4.69) is 51.8 Å². The number of rotatable bonds is 11. The third-order valence-electron chi connectivity index (χ3n) is 15.0.